The van der Waals surface area contributed by atoms with E-state index in [0.29, 0.717) is 11.6 Å². The van der Waals surface area contributed by atoms with Crippen LogP contribution >= 0.6 is 0 Å². The molecule has 3 aromatic rings. The first-order valence-electron chi connectivity index (χ1n) is 11.2. The maximum atomic E-state index is 12.5. The summed E-state index contributed by atoms with van der Waals surface area (Å²) in [7, 11) is 0. The normalized spacial score (nSPS) is 15.0. The van der Waals surface area contributed by atoms with Crippen molar-refractivity contribution < 1.29 is 19.4 Å². The minimum atomic E-state index is -0.950. The number of para-hydroxylation sites is 1. The van der Waals surface area contributed by atoms with Crippen LogP contribution in [0.4, 0.5) is 10.5 Å². The molecule has 0 saturated heterocycles. The number of H-pyrrole nitrogens is 1. The largest absolute Gasteiger partial charge is 0.478 e. The number of anilines is 1. The number of aromatic carboxylic acids is 1. The number of amides is 1. The molecule has 1 amide bonds. The summed E-state index contributed by atoms with van der Waals surface area (Å²) in [6, 6.07) is 12.9. The van der Waals surface area contributed by atoms with Gasteiger partial charge in [-0.1, -0.05) is 43.5 Å². The zero-order chi connectivity index (χ0) is 22.9. The molecule has 0 atom stereocenters. The van der Waals surface area contributed by atoms with Crippen molar-refractivity contribution >= 4 is 28.7 Å². The Balaban J connectivity index is 1.83. The van der Waals surface area contributed by atoms with Gasteiger partial charge in [0, 0.05) is 16.5 Å². The maximum absolute atomic E-state index is 12.5. The third-order valence-electron chi connectivity index (χ3n) is 5.93. The van der Waals surface area contributed by atoms with E-state index in [-0.39, 0.29) is 5.56 Å². The smallest absolute Gasteiger partial charge is 0.412 e. The molecule has 1 aliphatic rings. The molecule has 4 rings (SSSR count). The minimum absolute atomic E-state index is 0.251. The number of carbonyl (C=O) groups excluding carboxylic acids is 1. The van der Waals surface area contributed by atoms with Gasteiger partial charge in [-0.15, -0.1) is 0 Å². The maximum Gasteiger partial charge on any atom is 0.412 e. The highest BCUT2D eigenvalue weighted by Gasteiger charge is 2.26. The number of rotatable bonds is 4. The Bertz CT molecular complexity index is 1150. The number of nitrogens with one attached hydrogen (secondary N) is 2. The lowest BCUT2D eigenvalue weighted by Gasteiger charge is -2.24. The zero-order valence-electron chi connectivity index (χ0n) is 18.8. The average Bonchev–Trinajstić information content (AvgIpc) is 3.11. The number of aromatic nitrogens is 1. The molecule has 3 N–H and O–H groups in total. The van der Waals surface area contributed by atoms with Gasteiger partial charge in [-0.25, -0.2) is 9.59 Å². The molecule has 6 nitrogen and oxygen atoms in total. The van der Waals surface area contributed by atoms with Gasteiger partial charge in [0.05, 0.1) is 16.9 Å². The molecule has 1 aliphatic carbocycles. The van der Waals surface area contributed by atoms with Crippen molar-refractivity contribution in [3.05, 3.63) is 53.6 Å². The second kappa shape index (κ2) is 8.69. The highest BCUT2D eigenvalue weighted by Crippen LogP contribution is 2.44. The highest BCUT2D eigenvalue weighted by molar-refractivity contribution is 6.00. The Morgan fingerprint density at radius 2 is 1.78 bits per heavy atom. The van der Waals surface area contributed by atoms with Crippen LogP contribution in [0.3, 0.4) is 0 Å². The van der Waals surface area contributed by atoms with Gasteiger partial charge >= 0.3 is 12.1 Å². The lowest BCUT2D eigenvalue weighted by atomic mass is 9.81. The van der Waals surface area contributed by atoms with Crippen LogP contribution in [0.1, 0.15) is 74.7 Å². The second-order valence-corrected chi connectivity index (χ2v) is 9.49. The SMILES string of the molecule is CC(C)(C)OC(=O)Nc1ccccc1-c1[nH]c2cc(C(=O)O)ccc2c1C1CCCCC1. The molecule has 1 fully saturated rings. The summed E-state index contributed by atoms with van der Waals surface area (Å²) in [6.45, 7) is 5.49. The summed E-state index contributed by atoms with van der Waals surface area (Å²) in [5.74, 6) is -0.563. The summed E-state index contributed by atoms with van der Waals surface area (Å²) in [6.07, 6.45) is 5.30. The molecule has 1 aromatic heterocycles. The number of benzene rings is 2. The third-order valence-corrected chi connectivity index (χ3v) is 5.93. The van der Waals surface area contributed by atoms with E-state index in [0.717, 1.165) is 35.0 Å². The van der Waals surface area contributed by atoms with Gasteiger partial charge in [0.25, 0.3) is 0 Å². The molecule has 1 saturated carbocycles. The van der Waals surface area contributed by atoms with E-state index in [1.165, 1.54) is 24.8 Å². The van der Waals surface area contributed by atoms with E-state index in [1.807, 2.05) is 51.1 Å². The monoisotopic (exact) mass is 434 g/mol. The number of hydrogen-bond donors (Lipinski definition) is 3. The molecular formula is C26H30N2O4. The van der Waals surface area contributed by atoms with E-state index < -0.39 is 17.7 Å². The van der Waals surface area contributed by atoms with Crippen molar-refractivity contribution in [3.8, 4) is 11.3 Å². The Kier molecular flexibility index (Phi) is 5.96. The van der Waals surface area contributed by atoms with Gasteiger partial charge in [0.1, 0.15) is 5.60 Å². The summed E-state index contributed by atoms with van der Waals surface area (Å²) in [5, 5.41) is 13.4. The highest BCUT2D eigenvalue weighted by atomic mass is 16.6. The van der Waals surface area contributed by atoms with Crippen LogP contribution in [0.25, 0.3) is 22.2 Å². The molecule has 6 heteroatoms. The lowest BCUT2D eigenvalue weighted by molar-refractivity contribution is 0.0634. The Hall–Kier alpha value is -3.28. The van der Waals surface area contributed by atoms with Crippen molar-refractivity contribution in [3.63, 3.8) is 0 Å². The summed E-state index contributed by atoms with van der Waals surface area (Å²) in [5.41, 5.74) is 4.11. The Morgan fingerprint density at radius 3 is 2.47 bits per heavy atom. The lowest BCUT2D eigenvalue weighted by Crippen LogP contribution is -2.27. The van der Waals surface area contributed by atoms with E-state index in [4.69, 9.17) is 4.74 Å². The molecular weight excluding hydrogens is 404 g/mol. The molecule has 0 unspecified atom stereocenters. The van der Waals surface area contributed by atoms with Crippen molar-refractivity contribution in [2.45, 2.75) is 64.4 Å². The van der Waals surface area contributed by atoms with Gasteiger partial charge < -0.3 is 14.8 Å². The van der Waals surface area contributed by atoms with Crippen LogP contribution < -0.4 is 5.32 Å². The van der Waals surface area contributed by atoms with Crippen LogP contribution in [0.5, 0.6) is 0 Å². The molecule has 0 aliphatic heterocycles. The molecule has 1 heterocycles. The third kappa shape index (κ3) is 4.64. The number of aromatic amines is 1. The van der Waals surface area contributed by atoms with Crippen LogP contribution in [0.15, 0.2) is 42.5 Å². The fourth-order valence-electron chi connectivity index (χ4n) is 4.60. The number of carbonyl (C=O) groups is 2. The first-order valence-corrected chi connectivity index (χ1v) is 11.2. The topological polar surface area (TPSA) is 91.4 Å². The van der Waals surface area contributed by atoms with E-state index in [2.05, 4.69) is 10.3 Å². The average molecular weight is 435 g/mol. The molecule has 0 bridgehead atoms. The number of carboxylic acids is 1. The molecule has 168 valence electrons. The van der Waals surface area contributed by atoms with Crippen LogP contribution in [-0.2, 0) is 4.74 Å². The van der Waals surface area contributed by atoms with Gasteiger partial charge in [-0.2, -0.15) is 0 Å². The minimum Gasteiger partial charge on any atom is -0.478 e. The fourth-order valence-corrected chi connectivity index (χ4v) is 4.60. The van der Waals surface area contributed by atoms with Crippen molar-refractivity contribution in [1.29, 1.82) is 0 Å². The first kappa shape index (κ1) is 21.9. The van der Waals surface area contributed by atoms with Gasteiger partial charge in [-0.3, -0.25) is 5.32 Å². The standard InChI is InChI=1S/C26H30N2O4/c1-26(2,3)32-25(31)28-20-12-8-7-11-19(20)23-22(16-9-5-4-6-10-16)18-14-13-17(24(29)30)15-21(18)27-23/h7-8,11-16,27H,4-6,9-10H2,1-3H3,(H,28,31)(H,29,30). The number of hydrogen-bond acceptors (Lipinski definition) is 3. The van der Waals surface area contributed by atoms with Gasteiger partial charge in [0.15, 0.2) is 0 Å². The zero-order valence-corrected chi connectivity index (χ0v) is 18.8. The molecule has 0 radical (unpaired) electrons. The number of carboxylic acid groups (broad SMARTS) is 1. The Labute approximate surface area is 188 Å². The fraction of sp³-hybridized carbons (Fsp3) is 0.385. The van der Waals surface area contributed by atoms with Crippen LogP contribution in [0, 0.1) is 0 Å². The summed E-state index contributed by atoms with van der Waals surface area (Å²) < 4.78 is 5.45. The predicted octanol–water partition coefficient (Wildman–Crippen LogP) is 6.93. The summed E-state index contributed by atoms with van der Waals surface area (Å²) in [4.78, 5) is 27.5. The quantitative estimate of drug-likeness (QED) is 0.415. The molecule has 0 spiro atoms. The summed E-state index contributed by atoms with van der Waals surface area (Å²) >= 11 is 0. The van der Waals surface area contributed by atoms with E-state index in [9.17, 15) is 14.7 Å². The predicted molar refractivity (Wildman–Crippen MR) is 126 cm³/mol. The molecule has 32 heavy (non-hydrogen) atoms. The van der Waals surface area contributed by atoms with Gasteiger partial charge in [0.2, 0.25) is 0 Å². The molecule has 2 aromatic carbocycles. The van der Waals surface area contributed by atoms with E-state index in [1.54, 1.807) is 12.1 Å². The Morgan fingerprint density at radius 1 is 1.06 bits per heavy atom. The van der Waals surface area contributed by atoms with Crippen molar-refractivity contribution in [2.24, 2.45) is 0 Å². The first-order chi connectivity index (χ1) is 15.2. The number of fused-ring (bicyclic) bond motifs is 1. The van der Waals surface area contributed by atoms with Crippen LogP contribution in [-0.4, -0.2) is 27.8 Å². The number of ether oxygens (including phenoxy) is 1. The second-order valence-electron chi connectivity index (χ2n) is 9.49. The van der Waals surface area contributed by atoms with E-state index >= 15 is 0 Å². The van der Waals surface area contributed by atoms with Crippen molar-refractivity contribution in [1.82, 2.24) is 4.98 Å². The van der Waals surface area contributed by atoms with Crippen LogP contribution in [0.2, 0.25) is 0 Å². The van der Waals surface area contributed by atoms with Crippen molar-refractivity contribution in [2.75, 3.05) is 5.32 Å². The van der Waals surface area contributed by atoms with Gasteiger partial charge in [-0.05, 0) is 63.3 Å².